The van der Waals surface area contributed by atoms with Crippen LogP contribution in [0.5, 0.6) is 0 Å². The van der Waals surface area contributed by atoms with Crippen LogP contribution in [-0.4, -0.2) is 66.6 Å². The Labute approximate surface area is 334 Å². The molecule has 7 rings (SSSR count). The summed E-state index contributed by atoms with van der Waals surface area (Å²) in [6, 6.07) is 16.1. The number of carboxylic acid groups (broad SMARTS) is 1. The van der Waals surface area contributed by atoms with Crippen LogP contribution in [0.4, 0.5) is 5.95 Å². The van der Waals surface area contributed by atoms with Crippen LogP contribution < -0.4 is 45.6 Å². The summed E-state index contributed by atoms with van der Waals surface area (Å²) in [5.41, 5.74) is 8.05. The van der Waals surface area contributed by atoms with Crippen LogP contribution in [0.1, 0.15) is 39.5 Å². The van der Waals surface area contributed by atoms with Gasteiger partial charge in [0.25, 0.3) is 0 Å². The molecule has 1 aliphatic heterocycles. The molecule has 1 N–H and O–H groups in total. The number of piperazine rings is 1. The maximum absolute atomic E-state index is 12.2. The second-order valence-corrected chi connectivity index (χ2v) is 12.0. The molecular formula is C38H40Cl2N9O3Ru. The van der Waals surface area contributed by atoms with Gasteiger partial charge in [-0.3, -0.25) is 24.7 Å². The van der Waals surface area contributed by atoms with Gasteiger partial charge < -0.3 is 49.5 Å². The molecule has 6 aromatic rings. The summed E-state index contributed by atoms with van der Waals surface area (Å²) >= 11 is 0. The van der Waals surface area contributed by atoms with Crippen molar-refractivity contribution >= 4 is 23.0 Å². The van der Waals surface area contributed by atoms with Gasteiger partial charge in [-0.05, 0) is 105 Å². The fourth-order valence-electron chi connectivity index (χ4n) is 5.27. The summed E-state index contributed by atoms with van der Waals surface area (Å²) < 4.78 is 1.63. The monoisotopic (exact) mass is 842 g/mol. The van der Waals surface area contributed by atoms with E-state index in [0.29, 0.717) is 18.1 Å². The van der Waals surface area contributed by atoms with Gasteiger partial charge in [0.1, 0.15) is 5.65 Å². The molecule has 1 radical (unpaired) electrons. The summed E-state index contributed by atoms with van der Waals surface area (Å²) in [6.45, 7) is 13.9. The average Bonchev–Trinajstić information content (AvgIpc) is 3.12. The van der Waals surface area contributed by atoms with E-state index in [0.717, 1.165) is 49.0 Å². The Morgan fingerprint density at radius 1 is 0.736 bits per heavy atom. The number of rotatable bonds is 5. The third-order valence-corrected chi connectivity index (χ3v) is 7.95. The van der Waals surface area contributed by atoms with E-state index >= 15 is 0 Å². The predicted octanol–water partition coefficient (Wildman–Crippen LogP) is -1.89. The molecular weight excluding hydrogens is 802 g/mol. The number of carboxylic acids is 1. The van der Waals surface area contributed by atoms with E-state index in [9.17, 15) is 14.7 Å². The number of anilines is 1. The molecule has 1 saturated heterocycles. The maximum atomic E-state index is 12.2. The fourth-order valence-corrected chi connectivity index (χ4v) is 5.27. The largest absolute Gasteiger partial charge is 3.00 e. The Bertz CT molecular complexity index is 2010. The molecule has 15 heteroatoms. The van der Waals surface area contributed by atoms with E-state index in [-0.39, 0.29) is 55.2 Å². The SMILES string of the molecule is CCn1cc(C(=O)[O-])c(=O)c2cnc(N3CCNCC3)nc21.Cc1ccnc(-c2cc(C)ccn2)c1.Cc1ccnc(-c2cc(C)ccn2)c1.[Cl-].[Cl-].[Ru+3]. The van der Waals surface area contributed by atoms with Crippen LogP contribution >= 0.6 is 0 Å². The van der Waals surface area contributed by atoms with Crippen molar-refractivity contribution in [3.8, 4) is 22.8 Å². The van der Waals surface area contributed by atoms with E-state index in [2.05, 4.69) is 62.9 Å². The maximum Gasteiger partial charge on any atom is 3.00 e. The van der Waals surface area contributed by atoms with Gasteiger partial charge in [-0.25, -0.2) is 4.98 Å². The first-order valence-electron chi connectivity index (χ1n) is 16.4. The molecule has 0 aliphatic carbocycles. The molecule has 0 atom stereocenters. The zero-order valence-electron chi connectivity index (χ0n) is 30.0. The third kappa shape index (κ3) is 11.9. The molecule has 1 fully saturated rings. The van der Waals surface area contributed by atoms with Crippen LogP contribution in [0.2, 0.25) is 0 Å². The van der Waals surface area contributed by atoms with Crippen LogP contribution in [0.15, 0.2) is 90.5 Å². The topological polar surface area (TPSA) is 155 Å². The van der Waals surface area contributed by atoms with Crippen molar-refractivity contribution in [1.29, 1.82) is 0 Å². The van der Waals surface area contributed by atoms with E-state index < -0.39 is 11.4 Å². The summed E-state index contributed by atoms with van der Waals surface area (Å²) in [7, 11) is 0. The number of aromatic carboxylic acids is 1. The van der Waals surface area contributed by atoms with E-state index in [1.807, 2.05) is 85.1 Å². The molecule has 0 spiro atoms. The van der Waals surface area contributed by atoms with Gasteiger partial charge in [0, 0.05) is 69.9 Å². The molecule has 0 amide bonds. The predicted molar refractivity (Wildman–Crippen MR) is 193 cm³/mol. The van der Waals surface area contributed by atoms with Crippen molar-refractivity contribution < 1.29 is 54.2 Å². The van der Waals surface area contributed by atoms with Gasteiger partial charge in [0.05, 0.1) is 39.7 Å². The van der Waals surface area contributed by atoms with E-state index in [1.54, 1.807) is 4.57 Å². The van der Waals surface area contributed by atoms with Gasteiger partial charge in [0.15, 0.2) is 0 Å². The number of aromatic nitrogens is 7. The van der Waals surface area contributed by atoms with Crippen LogP contribution in [0.3, 0.4) is 0 Å². The van der Waals surface area contributed by atoms with Crippen molar-refractivity contribution in [1.82, 2.24) is 39.8 Å². The molecule has 53 heavy (non-hydrogen) atoms. The molecule has 0 aromatic carbocycles. The van der Waals surface area contributed by atoms with Gasteiger partial charge in [-0.15, -0.1) is 0 Å². The van der Waals surface area contributed by atoms with Gasteiger partial charge in [-0.2, -0.15) is 4.98 Å². The first-order valence-corrected chi connectivity index (χ1v) is 16.4. The number of hydrogen-bond donors (Lipinski definition) is 1. The summed E-state index contributed by atoms with van der Waals surface area (Å²) in [6.07, 6.45) is 9.95. The van der Waals surface area contributed by atoms with Crippen molar-refractivity contribution in [2.45, 2.75) is 41.2 Å². The number of fused-ring (bicyclic) bond motifs is 1. The van der Waals surface area contributed by atoms with Crippen molar-refractivity contribution in [3.63, 3.8) is 0 Å². The first-order chi connectivity index (χ1) is 24.1. The number of nitrogens with one attached hydrogen (secondary N) is 1. The number of pyridine rings is 5. The van der Waals surface area contributed by atoms with Crippen molar-refractivity contribution in [2.24, 2.45) is 0 Å². The minimum absolute atomic E-state index is 0. The van der Waals surface area contributed by atoms with Gasteiger partial charge in [-0.1, -0.05) is 0 Å². The molecule has 12 nitrogen and oxygen atoms in total. The normalized spacial score (nSPS) is 11.7. The Morgan fingerprint density at radius 2 is 1.15 bits per heavy atom. The number of carbonyl (C=O) groups excluding carboxylic acids is 1. The van der Waals surface area contributed by atoms with Gasteiger partial charge >= 0.3 is 19.5 Å². The zero-order valence-corrected chi connectivity index (χ0v) is 33.3. The molecule has 1 aliphatic rings. The molecule has 0 saturated carbocycles. The second-order valence-electron chi connectivity index (χ2n) is 12.0. The molecule has 6 aromatic heterocycles. The van der Waals surface area contributed by atoms with Crippen LogP contribution in [0.25, 0.3) is 33.8 Å². The zero-order chi connectivity index (χ0) is 35.6. The van der Waals surface area contributed by atoms with Crippen LogP contribution in [-0.2, 0) is 26.0 Å². The number of aryl methyl sites for hydroxylation is 5. The smallest absolute Gasteiger partial charge is 1.00 e. The Balaban J connectivity index is 0.000000278. The summed E-state index contributed by atoms with van der Waals surface area (Å²) in [5, 5.41) is 14.5. The second kappa shape index (κ2) is 21.1. The molecule has 277 valence electrons. The van der Waals surface area contributed by atoms with Crippen molar-refractivity contribution in [3.05, 3.63) is 124 Å². The minimum atomic E-state index is -1.49. The molecule has 0 unspecified atom stereocenters. The number of carbonyl (C=O) groups is 1. The first kappa shape index (κ1) is 44.5. The number of nitrogens with zero attached hydrogens (tertiary/aromatic N) is 8. The fraction of sp³-hybridized carbons (Fsp3) is 0.263. The van der Waals surface area contributed by atoms with Crippen LogP contribution in [0, 0.1) is 27.7 Å². The average molecular weight is 843 g/mol. The van der Waals surface area contributed by atoms with E-state index in [1.165, 1.54) is 34.6 Å². The van der Waals surface area contributed by atoms with E-state index in [4.69, 9.17) is 0 Å². The summed E-state index contributed by atoms with van der Waals surface area (Å²) in [4.78, 5) is 51.1. The Kier molecular flexibility index (Phi) is 17.7. The molecule has 0 bridgehead atoms. The number of hydrogen-bond acceptors (Lipinski definition) is 11. The number of halogens is 2. The van der Waals surface area contributed by atoms with Crippen molar-refractivity contribution in [2.75, 3.05) is 31.1 Å². The van der Waals surface area contributed by atoms with Gasteiger partial charge in [0.2, 0.25) is 11.4 Å². The Morgan fingerprint density at radius 3 is 1.51 bits per heavy atom. The summed E-state index contributed by atoms with van der Waals surface area (Å²) in [5.74, 6) is -0.933. The quantitative estimate of drug-likeness (QED) is 0.194. The molecule has 7 heterocycles. The third-order valence-electron chi connectivity index (χ3n) is 7.95. The Hall–Kier alpha value is -4.68. The standard InChI is InChI=1S/C14H17N5O3.2C12H12N2.2ClH.Ru/c1-2-18-8-10(13(21)22)11(20)9-7-16-14(17-12(9)18)19-5-3-15-4-6-19;2*1-9-3-5-13-11(7-9)12-8-10(2)4-6-14-12;;;/h7-8,15H,2-6H2,1H3,(H,21,22);2*3-8H,1-2H3;2*1H;/q;;;;;+3/p-3. The minimum Gasteiger partial charge on any atom is -1.00 e.